The van der Waals surface area contributed by atoms with Crippen LogP contribution in [0.3, 0.4) is 0 Å². The van der Waals surface area contributed by atoms with Crippen LogP contribution in [0.15, 0.2) is 24.3 Å². The average molecular weight is 247 g/mol. The maximum absolute atomic E-state index is 6.09. The van der Waals surface area contributed by atoms with Gasteiger partial charge in [0.2, 0.25) is 0 Å². The van der Waals surface area contributed by atoms with Gasteiger partial charge in [-0.1, -0.05) is 18.6 Å². The molecule has 0 heterocycles. The molecule has 1 aromatic rings. The number of allylic oxidation sites excluding steroid dienone is 1. The van der Waals surface area contributed by atoms with Gasteiger partial charge < -0.3 is 15.2 Å². The fourth-order valence-corrected chi connectivity index (χ4v) is 2.50. The van der Waals surface area contributed by atoms with Crippen LogP contribution in [0.1, 0.15) is 31.2 Å². The summed E-state index contributed by atoms with van der Waals surface area (Å²) in [7, 11) is 3.38. The summed E-state index contributed by atoms with van der Waals surface area (Å²) in [4.78, 5) is 0. The summed E-state index contributed by atoms with van der Waals surface area (Å²) in [5.41, 5.74) is 8.39. The topological polar surface area (TPSA) is 44.5 Å². The van der Waals surface area contributed by atoms with Crippen LogP contribution in [0.5, 0.6) is 11.5 Å². The molecule has 0 spiro atoms. The quantitative estimate of drug-likeness (QED) is 0.893. The van der Waals surface area contributed by atoms with Crippen molar-refractivity contribution in [2.75, 3.05) is 14.2 Å². The van der Waals surface area contributed by atoms with Crippen LogP contribution >= 0.6 is 0 Å². The van der Waals surface area contributed by atoms with Gasteiger partial charge in [0.15, 0.2) is 0 Å². The summed E-state index contributed by atoms with van der Waals surface area (Å²) < 4.78 is 10.9. The Morgan fingerprint density at radius 2 is 1.78 bits per heavy atom. The first-order valence-electron chi connectivity index (χ1n) is 6.44. The third-order valence-corrected chi connectivity index (χ3v) is 3.40. The number of benzene rings is 1. The zero-order chi connectivity index (χ0) is 13.0. The fourth-order valence-electron chi connectivity index (χ4n) is 2.50. The van der Waals surface area contributed by atoms with Crippen molar-refractivity contribution in [2.45, 2.75) is 31.7 Å². The molecular formula is C15H21NO2. The van der Waals surface area contributed by atoms with E-state index in [0.29, 0.717) is 0 Å². The molecule has 0 aromatic heterocycles. The number of hydrogen-bond donors (Lipinski definition) is 1. The Labute approximate surface area is 109 Å². The van der Waals surface area contributed by atoms with E-state index in [0.717, 1.165) is 29.9 Å². The molecule has 18 heavy (non-hydrogen) atoms. The van der Waals surface area contributed by atoms with Gasteiger partial charge in [-0.25, -0.2) is 0 Å². The molecule has 2 rings (SSSR count). The monoisotopic (exact) mass is 247 g/mol. The van der Waals surface area contributed by atoms with E-state index in [1.54, 1.807) is 14.2 Å². The second-order valence-corrected chi connectivity index (χ2v) is 4.64. The molecule has 98 valence electrons. The maximum atomic E-state index is 6.09. The molecular weight excluding hydrogens is 226 g/mol. The first-order chi connectivity index (χ1) is 8.76. The van der Waals surface area contributed by atoms with Gasteiger partial charge in [-0.05, 0) is 37.0 Å². The fraction of sp³-hybridized carbons (Fsp3) is 0.467. The third-order valence-electron chi connectivity index (χ3n) is 3.40. The van der Waals surface area contributed by atoms with Gasteiger partial charge in [0.25, 0.3) is 0 Å². The van der Waals surface area contributed by atoms with E-state index >= 15 is 0 Å². The molecule has 1 aliphatic carbocycles. The summed E-state index contributed by atoms with van der Waals surface area (Å²) >= 11 is 0. The highest BCUT2D eigenvalue weighted by Crippen LogP contribution is 2.38. The largest absolute Gasteiger partial charge is 0.496 e. The van der Waals surface area contributed by atoms with Crippen LogP contribution in [0, 0.1) is 0 Å². The highest BCUT2D eigenvalue weighted by Gasteiger charge is 2.17. The minimum Gasteiger partial charge on any atom is -0.496 e. The van der Waals surface area contributed by atoms with Crippen LogP contribution in [0.2, 0.25) is 0 Å². The van der Waals surface area contributed by atoms with Crippen molar-refractivity contribution in [3.8, 4) is 11.5 Å². The SMILES string of the molecule is COc1cccc(OC)c1C1=CC(N)CCCC1. The predicted molar refractivity (Wildman–Crippen MR) is 74.0 cm³/mol. The van der Waals surface area contributed by atoms with E-state index < -0.39 is 0 Å². The van der Waals surface area contributed by atoms with Crippen molar-refractivity contribution in [3.05, 3.63) is 29.8 Å². The summed E-state index contributed by atoms with van der Waals surface area (Å²) in [6, 6.07) is 6.01. The summed E-state index contributed by atoms with van der Waals surface area (Å²) in [5, 5.41) is 0. The lowest BCUT2D eigenvalue weighted by molar-refractivity contribution is 0.391. The molecule has 3 nitrogen and oxygen atoms in total. The number of methoxy groups -OCH3 is 2. The lowest BCUT2D eigenvalue weighted by Gasteiger charge is -2.15. The van der Waals surface area contributed by atoms with Gasteiger partial charge >= 0.3 is 0 Å². The number of ether oxygens (including phenoxy) is 2. The molecule has 2 N–H and O–H groups in total. The van der Waals surface area contributed by atoms with Gasteiger partial charge in [0, 0.05) is 6.04 Å². The molecule has 1 unspecified atom stereocenters. The standard InChI is InChI=1S/C15H21NO2/c1-17-13-8-5-9-14(18-2)15(13)11-6-3-4-7-12(16)10-11/h5,8-10,12H,3-4,6-7,16H2,1-2H3. The van der Waals surface area contributed by atoms with Crippen LogP contribution in [0.4, 0.5) is 0 Å². The van der Waals surface area contributed by atoms with Gasteiger partial charge in [-0.2, -0.15) is 0 Å². The highest BCUT2D eigenvalue weighted by molar-refractivity contribution is 5.76. The highest BCUT2D eigenvalue weighted by atomic mass is 16.5. The lowest BCUT2D eigenvalue weighted by atomic mass is 9.99. The summed E-state index contributed by atoms with van der Waals surface area (Å²) in [6.45, 7) is 0. The first-order valence-corrected chi connectivity index (χ1v) is 6.44. The maximum Gasteiger partial charge on any atom is 0.130 e. The van der Waals surface area contributed by atoms with Crippen molar-refractivity contribution < 1.29 is 9.47 Å². The van der Waals surface area contributed by atoms with E-state index in [9.17, 15) is 0 Å². The van der Waals surface area contributed by atoms with E-state index in [-0.39, 0.29) is 6.04 Å². The molecule has 1 atom stereocenters. The Kier molecular flexibility index (Phi) is 4.26. The zero-order valence-corrected chi connectivity index (χ0v) is 11.1. The van der Waals surface area contributed by atoms with E-state index in [4.69, 9.17) is 15.2 Å². The van der Waals surface area contributed by atoms with Crippen LogP contribution in [-0.4, -0.2) is 20.3 Å². The number of rotatable bonds is 3. The van der Waals surface area contributed by atoms with Gasteiger partial charge in [0.1, 0.15) is 11.5 Å². The normalized spacial score (nSPS) is 19.9. The van der Waals surface area contributed by atoms with E-state index in [2.05, 4.69) is 6.08 Å². The molecule has 0 saturated heterocycles. The Morgan fingerprint density at radius 3 is 2.39 bits per heavy atom. The van der Waals surface area contributed by atoms with E-state index in [1.165, 1.54) is 18.4 Å². The van der Waals surface area contributed by atoms with Crippen LogP contribution in [-0.2, 0) is 0 Å². The molecule has 0 amide bonds. The Hall–Kier alpha value is -1.48. The Morgan fingerprint density at radius 1 is 1.11 bits per heavy atom. The smallest absolute Gasteiger partial charge is 0.130 e. The van der Waals surface area contributed by atoms with Crippen LogP contribution in [0.25, 0.3) is 5.57 Å². The van der Waals surface area contributed by atoms with E-state index in [1.807, 2.05) is 18.2 Å². The minimum atomic E-state index is 0.136. The van der Waals surface area contributed by atoms with Gasteiger partial charge in [-0.3, -0.25) is 0 Å². The van der Waals surface area contributed by atoms with Crippen molar-refractivity contribution in [3.63, 3.8) is 0 Å². The Balaban J connectivity index is 2.47. The predicted octanol–water partition coefficient (Wildman–Crippen LogP) is 2.99. The summed E-state index contributed by atoms with van der Waals surface area (Å²) in [6.07, 6.45) is 6.60. The van der Waals surface area contributed by atoms with Crippen molar-refractivity contribution in [2.24, 2.45) is 5.73 Å². The first kappa shape index (κ1) is 13.0. The average Bonchev–Trinajstić information content (AvgIpc) is 2.62. The van der Waals surface area contributed by atoms with Crippen molar-refractivity contribution in [1.29, 1.82) is 0 Å². The minimum absolute atomic E-state index is 0.136. The molecule has 1 aliphatic rings. The second kappa shape index (κ2) is 5.91. The van der Waals surface area contributed by atoms with Gasteiger partial charge in [-0.15, -0.1) is 0 Å². The van der Waals surface area contributed by atoms with Crippen molar-refractivity contribution >= 4 is 5.57 Å². The zero-order valence-electron chi connectivity index (χ0n) is 11.1. The second-order valence-electron chi connectivity index (χ2n) is 4.64. The molecule has 0 bridgehead atoms. The molecule has 0 radical (unpaired) electrons. The molecule has 0 aliphatic heterocycles. The third kappa shape index (κ3) is 2.67. The number of hydrogen-bond acceptors (Lipinski definition) is 3. The summed E-state index contributed by atoms with van der Waals surface area (Å²) in [5.74, 6) is 1.71. The number of nitrogens with two attached hydrogens (primary N) is 1. The van der Waals surface area contributed by atoms with Gasteiger partial charge in [0.05, 0.1) is 19.8 Å². The molecule has 1 aromatic carbocycles. The molecule has 3 heteroatoms. The molecule has 0 fully saturated rings. The van der Waals surface area contributed by atoms with Crippen molar-refractivity contribution in [1.82, 2.24) is 0 Å². The van der Waals surface area contributed by atoms with Crippen LogP contribution < -0.4 is 15.2 Å². The lowest BCUT2D eigenvalue weighted by Crippen LogP contribution is -2.15. The Bertz CT molecular complexity index is 418. The molecule has 0 saturated carbocycles.